The van der Waals surface area contributed by atoms with Crippen LogP contribution in [-0.2, 0) is 4.74 Å². The lowest BCUT2D eigenvalue weighted by molar-refractivity contribution is 0.0778. The standard InChI is InChI=1S/C19H30FN3OS.HI/c1-3-21-18(23-15-19(9-4-10-19)11-13-24-2)22-12-14-25-17-7-5-16(20)6-8-17;/h5-8H,3-4,9-15H2,1-2H3,(H2,21,22,23);1H. The van der Waals surface area contributed by atoms with Crippen LogP contribution in [0.2, 0.25) is 0 Å². The van der Waals surface area contributed by atoms with Gasteiger partial charge in [0.2, 0.25) is 0 Å². The van der Waals surface area contributed by atoms with Gasteiger partial charge in [0.1, 0.15) is 5.82 Å². The second-order valence-electron chi connectivity index (χ2n) is 6.52. The SMILES string of the molecule is CCNC(=NCC1(CCOC)CCC1)NCCSc1ccc(F)cc1.I. The van der Waals surface area contributed by atoms with E-state index in [9.17, 15) is 4.39 Å². The molecule has 1 fully saturated rings. The van der Waals surface area contributed by atoms with Gasteiger partial charge in [0.25, 0.3) is 0 Å². The van der Waals surface area contributed by atoms with E-state index in [1.165, 1.54) is 31.4 Å². The molecule has 1 saturated carbocycles. The number of hydrogen-bond acceptors (Lipinski definition) is 3. The first-order valence-electron chi connectivity index (χ1n) is 9.07. The number of benzene rings is 1. The summed E-state index contributed by atoms with van der Waals surface area (Å²) in [5.41, 5.74) is 0.335. The molecule has 0 aromatic heterocycles. The van der Waals surface area contributed by atoms with Crippen LogP contribution in [0.4, 0.5) is 4.39 Å². The second kappa shape index (κ2) is 12.8. The number of guanidine groups is 1. The van der Waals surface area contributed by atoms with Crippen molar-refractivity contribution in [1.29, 1.82) is 0 Å². The highest BCUT2D eigenvalue weighted by atomic mass is 127. The molecular weight excluding hydrogens is 464 g/mol. The van der Waals surface area contributed by atoms with Crippen molar-refractivity contribution >= 4 is 41.7 Å². The van der Waals surface area contributed by atoms with Gasteiger partial charge in [-0.25, -0.2) is 4.39 Å². The van der Waals surface area contributed by atoms with Gasteiger partial charge in [-0.05, 0) is 55.9 Å². The molecule has 0 spiro atoms. The van der Waals surface area contributed by atoms with Gasteiger partial charge in [0, 0.05) is 44.0 Å². The van der Waals surface area contributed by atoms with Crippen LogP contribution >= 0.6 is 35.7 Å². The van der Waals surface area contributed by atoms with E-state index in [1.807, 2.05) is 12.1 Å². The lowest BCUT2D eigenvalue weighted by atomic mass is 9.67. The molecule has 4 nitrogen and oxygen atoms in total. The van der Waals surface area contributed by atoms with Crippen LogP contribution in [0.3, 0.4) is 0 Å². The van der Waals surface area contributed by atoms with Gasteiger partial charge in [-0.3, -0.25) is 4.99 Å². The number of nitrogens with one attached hydrogen (secondary N) is 2. The average Bonchev–Trinajstić information content (AvgIpc) is 2.58. The highest BCUT2D eigenvalue weighted by Crippen LogP contribution is 2.44. The van der Waals surface area contributed by atoms with E-state index < -0.39 is 0 Å². The molecule has 1 aliphatic rings. The maximum absolute atomic E-state index is 12.9. The Hall–Kier alpha value is -0.540. The molecule has 2 N–H and O–H groups in total. The first-order chi connectivity index (χ1) is 12.2. The molecule has 1 aromatic rings. The van der Waals surface area contributed by atoms with Crippen molar-refractivity contribution in [3.05, 3.63) is 30.1 Å². The minimum atomic E-state index is -0.192. The lowest BCUT2D eigenvalue weighted by Gasteiger charge is -2.40. The van der Waals surface area contributed by atoms with Gasteiger partial charge in [-0.1, -0.05) is 6.42 Å². The normalized spacial score (nSPS) is 15.7. The molecule has 148 valence electrons. The molecule has 26 heavy (non-hydrogen) atoms. The molecule has 0 heterocycles. The fourth-order valence-electron chi connectivity index (χ4n) is 2.94. The molecule has 0 radical (unpaired) electrons. The Morgan fingerprint density at radius 1 is 1.27 bits per heavy atom. The number of methoxy groups -OCH3 is 1. The van der Waals surface area contributed by atoms with Crippen LogP contribution in [-0.4, -0.2) is 45.1 Å². The smallest absolute Gasteiger partial charge is 0.191 e. The minimum absolute atomic E-state index is 0. The Morgan fingerprint density at radius 2 is 2.00 bits per heavy atom. The number of rotatable bonds is 10. The topological polar surface area (TPSA) is 45.7 Å². The second-order valence-corrected chi connectivity index (χ2v) is 7.69. The number of nitrogens with zero attached hydrogens (tertiary/aromatic N) is 1. The molecule has 0 aliphatic heterocycles. The first kappa shape index (κ1) is 23.5. The summed E-state index contributed by atoms with van der Waals surface area (Å²) in [5, 5.41) is 6.71. The zero-order valence-corrected chi connectivity index (χ0v) is 18.9. The van der Waals surface area contributed by atoms with E-state index in [-0.39, 0.29) is 29.8 Å². The van der Waals surface area contributed by atoms with E-state index >= 15 is 0 Å². The number of aliphatic imine (C=N–C) groups is 1. The summed E-state index contributed by atoms with van der Waals surface area (Å²) in [6.45, 7) is 5.42. The van der Waals surface area contributed by atoms with Crippen molar-refractivity contribution in [3.8, 4) is 0 Å². The highest BCUT2D eigenvalue weighted by Gasteiger charge is 2.36. The summed E-state index contributed by atoms with van der Waals surface area (Å²) in [5.74, 6) is 1.60. The lowest BCUT2D eigenvalue weighted by Crippen LogP contribution is -2.41. The Bertz CT molecular complexity index is 538. The summed E-state index contributed by atoms with van der Waals surface area (Å²) in [6, 6.07) is 6.63. The van der Waals surface area contributed by atoms with E-state index in [0.717, 1.165) is 49.3 Å². The zero-order chi connectivity index (χ0) is 18.0. The van der Waals surface area contributed by atoms with Crippen LogP contribution in [0, 0.1) is 11.2 Å². The third kappa shape index (κ3) is 8.00. The molecule has 0 amide bonds. The number of ether oxygens (including phenoxy) is 1. The van der Waals surface area contributed by atoms with Crippen molar-refractivity contribution in [3.63, 3.8) is 0 Å². The predicted molar refractivity (Wildman–Crippen MR) is 119 cm³/mol. The summed E-state index contributed by atoms with van der Waals surface area (Å²) >= 11 is 1.71. The number of hydrogen-bond donors (Lipinski definition) is 2. The third-order valence-electron chi connectivity index (χ3n) is 4.64. The maximum Gasteiger partial charge on any atom is 0.191 e. The molecule has 7 heteroatoms. The van der Waals surface area contributed by atoms with Crippen LogP contribution in [0.5, 0.6) is 0 Å². The third-order valence-corrected chi connectivity index (χ3v) is 5.66. The molecule has 1 aromatic carbocycles. The van der Waals surface area contributed by atoms with E-state index in [1.54, 1.807) is 18.9 Å². The van der Waals surface area contributed by atoms with Crippen molar-refractivity contribution in [1.82, 2.24) is 10.6 Å². The quantitative estimate of drug-likeness (QED) is 0.167. The van der Waals surface area contributed by atoms with Gasteiger partial charge in [-0.2, -0.15) is 0 Å². The Morgan fingerprint density at radius 3 is 2.58 bits per heavy atom. The summed E-state index contributed by atoms with van der Waals surface area (Å²) in [4.78, 5) is 5.88. The van der Waals surface area contributed by atoms with Crippen molar-refractivity contribution in [2.45, 2.75) is 37.5 Å². The Labute approximate surface area is 178 Å². The van der Waals surface area contributed by atoms with Gasteiger partial charge in [0.15, 0.2) is 5.96 Å². The number of thioether (sulfide) groups is 1. The Balaban J connectivity index is 0.00000338. The molecule has 0 bridgehead atoms. The summed E-state index contributed by atoms with van der Waals surface area (Å²) < 4.78 is 18.2. The molecule has 2 rings (SSSR count). The zero-order valence-electron chi connectivity index (χ0n) is 15.7. The average molecular weight is 495 g/mol. The minimum Gasteiger partial charge on any atom is -0.385 e. The largest absolute Gasteiger partial charge is 0.385 e. The van der Waals surface area contributed by atoms with Crippen LogP contribution in [0.15, 0.2) is 34.2 Å². The van der Waals surface area contributed by atoms with E-state index in [2.05, 4.69) is 17.6 Å². The molecule has 1 aliphatic carbocycles. The van der Waals surface area contributed by atoms with Crippen molar-refractivity contribution < 1.29 is 9.13 Å². The molecule has 0 saturated heterocycles. The predicted octanol–water partition coefficient (Wildman–Crippen LogP) is 4.30. The van der Waals surface area contributed by atoms with Gasteiger partial charge < -0.3 is 15.4 Å². The first-order valence-corrected chi connectivity index (χ1v) is 10.1. The van der Waals surface area contributed by atoms with E-state index in [0.29, 0.717) is 5.41 Å². The monoisotopic (exact) mass is 495 g/mol. The molecular formula is C19H31FIN3OS. The molecule has 0 unspecified atom stereocenters. The fraction of sp³-hybridized carbons (Fsp3) is 0.632. The fourth-order valence-corrected chi connectivity index (χ4v) is 3.71. The van der Waals surface area contributed by atoms with Crippen LogP contribution in [0.25, 0.3) is 0 Å². The van der Waals surface area contributed by atoms with Crippen LogP contribution < -0.4 is 10.6 Å². The summed E-state index contributed by atoms with van der Waals surface area (Å²) in [7, 11) is 1.76. The van der Waals surface area contributed by atoms with Gasteiger partial charge >= 0.3 is 0 Å². The summed E-state index contributed by atoms with van der Waals surface area (Å²) in [6.07, 6.45) is 4.89. The van der Waals surface area contributed by atoms with Gasteiger partial charge in [0.05, 0.1) is 0 Å². The molecule has 0 atom stereocenters. The van der Waals surface area contributed by atoms with E-state index in [4.69, 9.17) is 9.73 Å². The van der Waals surface area contributed by atoms with Crippen molar-refractivity contribution in [2.75, 3.05) is 39.1 Å². The maximum atomic E-state index is 12.9. The van der Waals surface area contributed by atoms with Gasteiger partial charge in [-0.15, -0.1) is 35.7 Å². The number of halogens is 2. The highest BCUT2D eigenvalue weighted by molar-refractivity contribution is 14.0. The van der Waals surface area contributed by atoms with Crippen LogP contribution in [0.1, 0.15) is 32.6 Å². The van der Waals surface area contributed by atoms with Crippen molar-refractivity contribution in [2.24, 2.45) is 10.4 Å². The Kier molecular flexibility index (Phi) is 11.5.